The van der Waals surface area contributed by atoms with E-state index in [1.54, 1.807) is 0 Å². The summed E-state index contributed by atoms with van der Waals surface area (Å²) in [6.07, 6.45) is 9.79. The first kappa shape index (κ1) is 18.3. The maximum absolute atomic E-state index is 3.64. The lowest BCUT2D eigenvalue weighted by atomic mass is 10.1. The summed E-state index contributed by atoms with van der Waals surface area (Å²) in [5.74, 6) is 1.26. The SMILES string of the molecule is CCCCCCCCC(CSC(C)(C)C)NCC. The molecule has 0 aromatic rings. The summed E-state index contributed by atoms with van der Waals surface area (Å²) in [5, 5.41) is 3.64. The molecule has 0 fully saturated rings. The van der Waals surface area contributed by atoms with E-state index in [4.69, 9.17) is 0 Å². The highest BCUT2D eigenvalue weighted by molar-refractivity contribution is 8.00. The fraction of sp³-hybridized carbons (Fsp3) is 1.00. The molecule has 0 saturated carbocycles. The van der Waals surface area contributed by atoms with Gasteiger partial charge in [0.15, 0.2) is 0 Å². The molecule has 1 N–H and O–H groups in total. The van der Waals surface area contributed by atoms with E-state index in [1.807, 2.05) is 0 Å². The Bertz CT molecular complexity index is 174. The number of hydrogen-bond donors (Lipinski definition) is 1. The van der Waals surface area contributed by atoms with Crippen LogP contribution in [0.2, 0.25) is 0 Å². The van der Waals surface area contributed by atoms with E-state index in [0.29, 0.717) is 10.8 Å². The number of unbranched alkanes of at least 4 members (excludes halogenated alkanes) is 5. The Balaban J connectivity index is 3.63. The van der Waals surface area contributed by atoms with Gasteiger partial charge in [0.1, 0.15) is 0 Å². The van der Waals surface area contributed by atoms with Crippen LogP contribution in [-0.2, 0) is 0 Å². The lowest BCUT2D eigenvalue weighted by Crippen LogP contribution is -2.32. The van der Waals surface area contributed by atoms with Crippen LogP contribution in [-0.4, -0.2) is 23.1 Å². The fourth-order valence-corrected chi connectivity index (χ4v) is 3.04. The number of hydrogen-bond acceptors (Lipinski definition) is 2. The zero-order valence-corrected chi connectivity index (χ0v) is 14.2. The lowest BCUT2D eigenvalue weighted by Gasteiger charge is -2.23. The first-order chi connectivity index (χ1) is 8.49. The van der Waals surface area contributed by atoms with Crippen molar-refractivity contribution in [3.05, 3.63) is 0 Å². The molecular formula is C16H35NS. The third kappa shape index (κ3) is 12.8. The van der Waals surface area contributed by atoms with E-state index in [-0.39, 0.29) is 0 Å². The van der Waals surface area contributed by atoms with Crippen LogP contribution < -0.4 is 5.32 Å². The van der Waals surface area contributed by atoms with Crippen LogP contribution in [0.25, 0.3) is 0 Å². The van der Waals surface area contributed by atoms with E-state index >= 15 is 0 Å². The van der Waals surface area contributed by atoms with E-state index < -0.39 is 0 Å². The third-order valence-corrected chi connectivity index (χ3v) is 4.55. The van der Waals surface area contributed by atoms with Crippen molar-refractivity contribution in [2.75, 3.05) is 12.3 Å². The van der Waals surface area contributed by atoms with Gasteiger partial charge in [-0.2, -0.15) is 11.8 Å². The molecule has 0 aliphatic carbocycles. The molecule has 0 saturated heterocycles. The third-order valence-electron chi connectivity index (χ3n) is 3.12. The molecule has 1 nitrogen and oxygen atoms in total. The van der Waals surface area contributed by atoms with Crippen LogP contribution in [0, 0.1) is 0 Å². The largest absolute Gasteiger partial charge is 0.313 e. The molecule has 0 aromatic carbocycles. The van der Waals surface area contributed by atoms with Gasteiger partial charge in [-0.1, -0.05) is 73.1 Å². The summed E-state index contributed by atoms with van der Waals surface area (Å²) < 4.78 is 0.398. The fourth-order valence-electron chi connectivity index (χ4n) is 2.05. The minimum Gasteiger partial charge on any atom is -0.313 e. The first-order valence-electron chi connectivity index (χ1n) is 7.87. The average molecular weight is 274 g/mol. The van der Waals surface area contributed by atoms with Gasteiger partial charge in [0.25, 0.3) is 0 Å². The van der Waals surface area contributed by atoms with Crippen LogP contribution in [0.1, 0.15) is 79.6 Å². The van der Waals surface area contributed by atoms with E-state index in [0.717, 1.165) is 6.54 Å². The Morgan fingerprint density at radius 3 is 2.11 bits per heavy atom. The van der Waals surface area contributed by atoms with E-state index in [2.05, 4.69) is 51.7 Å². The van der Waals surface area contributed by atoms with Crippen LogP contribution >= 0.6 is 11.8 Å². The van der Waals surface area contributed by atoms with Crippen molar-refractivity contribution in [1.82, 2.24) is 5.32 Å². The Hall–Kier alpha value is 0.310. The van der Waals surface area contributed by atoms with Crippen LogP contribution in [0.3, 0.4) is 0 Å². The van der Waals surface area contributed by atoms with Gasteiger partial charge in [-0.15, -0.1) is 0 Å². The predicted octanol–water partition coefficient (Wildman–Crippen LogP) is 5.25. The molecule has 1 atom stereocenters. The molecule has 0 aliphatic heterocycles. The van der Waals surface area contributed by atoms with Gasteiger partial charge in [0.05, 0.1) is 0 Å². The monoisotopic (exact) mass is 273 g/mol. The minimum atomic E-state index is 0.398. The van der Waals surface area contributed by atoms with Gasteiger partial charge in [-0.05, 0) is 13.0 Å². The van der Waals surface area contributed by atoms with Crippen molar-refractivity contribution in [3.8, 4) is 0 Å². The van der Waals surface area contributed by atoms with Gasteiger partial charge in [-0.25, -0.2) is 0 Å². The van der Waals surface area contributed by atoms with Crippen molar-refractivity contribution >= 4 is 11.8 Å². The van der Waals surface area contributed by atoms with Crippen molar-refractivity contribution in [3.63, 3.8) is 0 Å². The molecule has 0 bridgehead atoms. The Labute approximate surface area is 120 Å². The Morgan fingerprint density at radius 1 is 0.944 bits per heavy atom. The standard InChI is InChI=1S/C16H35NS/c1-6-8-9-10-11-12-13-15(17-7-2)14-18-16(3,4)5/h15,17H,6-14H2,1-5H3. The highest BCUT2D eigenvalue weighted by Gasteiger charge is 2.14. The second kappa shape index (κ2) is 11.2. The molecule has 0 radical (unpaired) electrons. The van der Waals surface area contributed by atoms with Crippen LogP contribution in [0.5, 0.6) is 0 Å². The Kier molecular flexibility index (Phi) is 11.4. The van der Waals surface area contributed by atoms with E-state index in [9.17, 15) is 0 Å². The first-order valence-corrected chi connectivity index (χ1v) is 8.85. The summed E-state index contributed by atoms with van der Waals surface area (Å²) in [4.78, 5) is 0. The topological polar surface area (TPSA) is 12.0 Å². The zero-order valence-electron chi connectivity index (χ0n) is 13.3. The summed E-state index contributed by atoms with van der Waals surface area (Å²) in [7, 11) is 0. The summed E-state index contributed by atoms with van der Waals surface area (Å²) >= 11 is 2.09. The molecule has 0 spiro atoms. The summed E-state index contributed by atoms with van der Waals surface area (Å²) in [6.45, 7) is 12.5. The highest BCUT2D eigenvalue weighted by Crippen LogP contribution is 2.24. The molecule has 110 valence electrons. The van der Waals surface area contributed by atoms with Crippen LogP contribution in [0.15, 0.2) is 0 Å². The average Bonchev–Trinajstić information content (AvgIpc) is 2.29. The van der Waals surface area contributed by atoms with E-state index in [1.165, 1.54) is 50.7 Å². The maximum atomic E-state index is 3.64. The van der Waals surface area contributed by atoms with Gasteiger partial charge < -0.3 is 5.32 Å². The molecule has 18 heavy (non-hydrogen) atoms. The van der Waals surface area contributed by atoms with Gasteiger partial charge in [-0.3, -0.25) is 0 Å². The number of nitrogens with one attached hydrogen (secondary N) is 1. The van der Waals surface area contributed by atoms with Crippen LogP contribution in [0.4, 0.5) is 0 Å². The van der Waals surface area contributed by atoms with Gasteiger partial charge in [0.2, 0.25) is 0 Å². The van der Waals surface area contributed by atoms with Crippen molar-refractivity contribution in [1.29, 1.82) is 0 Å². The predicted molar refractivity (Wildman–Crippen MR) is 87.7 cm³/mol. The summed E-state index contributed by atoms with van der Waals surface area (Å²) in [6, 6.07) is 0.713. The van der Waals surface area contributed by atoms with Gasteiger partial charge >= 0.3 is 0 Å². The molecule has 2 heteroatoms. The Morgan fingerprint density at radius 2 is 1.56 bits per heavy atom. The molecule has 0 aromatic heterocycles. The normalized spacial score (nSPS) is 13.8. The molecule has 1 unspecified atom stereocenters. The molecule has 0 amide bonds. The smallest absolute Gasteiger partial charge is 0.0158 e. The quantitative estimate of drug-likeness (QED) is 0.516. The number of thioether (sulfide) groups is 1. The minimum absolute atomic E-state index is 0.398. The highest BCUT2D eigenvalue weighted by atomic mass is 32.2. The number of rotatable bonds is 11. The second-order valence-electron chi connectivity index (χ2n) is 6.23. The van der Waals surface area contributed by atoms with Gasteiger partial charge in [0, 0.05) is 16.5 Å². The van der Waals surface area contributed by atoms with Crippen molar-refractivity contribution in [2.45, 2.75) is 90.4 Å². The molecule has 0 heterocycles. The maximum Gasteiger partial charge on any atom is 0.0158 e. The molecule has 0 aliphatic rings. The lowest BCUT2D eigenvalue weighted by molar-refractivity contribution is 0.493. The van der Waals surface area contributed by atoms with Crippen molar-refractivity contribution in [2.24, 2.45) is 0 Å². The zero-order chi connectivity index (χ0) is 13.9. The molecule has 0 rings (SSSR count). The second-order valence-corrected chi connectivity index (χ2v) is 8.08. The summed E-state index contributed by atoms with van der Waals surface area (Å²) in [5.41, 5.74) is 0. The van der Waals surface area contributed by atoms with Crippen molar-refractivity contribution < 1.29 is 0 Å². The molecular weight excluding hydrogens is 238 g/mol.